The van der Waals surface area contributed by atoms with Gasteiger partial charge >= 0.3 is 5.97 Å². The summed E-state index contributed by atoms with van der Waals surface area (Å²) in [6.45, 7) is 4.12. The van der Waals surface area contributed by atoms with Gasteiger partial charge in [-0.15, -0.1) is 0 Å². The van der Waals surface area contributed by atoms with Gasteiger partial charge in [-0.05, 0) is 13.8 Å². The average molecular weight is 214 g/mol. The van der Waals surface area contributed by atoms with Gasteiger partial charge in [-0.3, -0.25) is 19.4 Å². The number of carboxylic acids is 1. The maximum atomic E-state index is 11.3. The van der Waals surface area contributed by atoms with Crippen molar-refractivity contribution in [2.75, 3.05) is 6.54 Å². The standard InChI is InChI=1S/C9H14N2O4/c1-5(2)11-8(6(3)12)9(15)10-4-7(13)14/h5H,4H2,1-3H3,(H,10,15)(H,13,14). The van der Waals surface area contributed by atoms with Gasteiger partial charge in [0.2, 0.25) is 0 Å². The molecule has 0 saturated heterocycles. The molecule has 0 aromatic carbocycles. The molecule has 1 amide bonds. The molecular formula is C9H14N2O4. The van der Waals surface area contributed by atoms with E-state index in [0.29, 0.717) is 0 Å². The number of carboxylic acid groups (broad SMARTS) is 1. The van der Waals surface area contributed by atoms with Crippen molar-refractivity contribution in [3.8, 4) is 0 Å². The van der Waals surface area contributed by atoms with Crippen LogP contribution in [0.4, 0.5) is 0 Å². The highest BCUT2D eigenvalue weighted by atomic mass is 16.4. The zero-order chi connectivity index (χ0) is 12.0. The second-order valence-corrected chi connectivity index (χ2v) is 3.20. The van der Waals surface area contributed by atoms with Crippen LogP contribution in [0.5, 0.6) is 0 Å². The second-order valence-electron chi connectivity index (χ2n) is 3.20. The molecule has 0 spiro atoms. The maximum Gasteiger partial charge on any atom is 0.322 e. The summed E-state index contributed by atoms with van der Waals surface area (Å²) >= 11 is 0. The van der Waals surface area contributed by atoms with Crippen molar-refractivity contribution in [1.82, 2.24) is 5.32 Å². The van der Waals surface area contributed by atoms with Crippen molar-refractivity contribution in [3.05, 3.63) is 0 Å². The smallest absolute Gasteiger partial charge is 0.322 e. The summed E-state index contributed by atoms with van der Waals surface area (Å²) in [6.07, 6.45) is 0. The number of nitrogens with one attached hydrogen (secondary N) is 1. The van der Waals surface area contributed by atoms with Crippen molar-refractivity contribution in [2.24, 2.45) is 4.99 Å². The molecule has 2 N–H and O–H groups in total. The highest BCUT2D eigenvalue weighted by Crippen LogP contribution is 1.91. The number of amides is 1. The molecule has 15 heavy (non-hydrogen) atoms. The predicted molar refractivity (Wildman–Crippen MR) is 53.9 cm³/mol. The van der Waals surface area contributed by atoms with Gasteiger partial charge in [-0.25, -0.2) is 0 Å². The van der Waals surface area contributed by atoms with E-state index in [4.69, 9.17) is 5.11 Å². The summed E-state index contributed by atoms with van der Waals surface area (Å²) in [7, 11) is 0. The summed E-state index contributed by atoms with van der Waals surface area (Å²) in [5.41, 5.74) is -0.244. The molecule has 0 bridgehead atoms. The fraction of sp³-hybridized carbons (Fsp3) is 0.556. The topological polar surface area (TPSA) is 95.8 Å². The minimum Gasteiger partial charge on any atom is -0.480 e. The van der Waals surface area contributed by atoms with E-state index in [2.05, 4.69) is 10.3 Å². The van der Waals surface area contributed by atoms with Crippen LogP contribution in [0.25, 0.3) is 0 Å². The minimum absolute atomic E-state index is 0.195. The number of aliphatic carboxylic acids is 1. The Labute approximate surface area is 87.4 Å². The molecule has 0 saturated carbocycles. The number of hydrogen-bond donors (Lipinski definition) is 2. The van der Waals surface area contributed by atoms with E-state index >= 15 is 0 Å². The average Bonchev–Trinajstić information content (AvgIpc) is 2.09. The van der Waals surface area contributed by atoms with E-state index < -0.39 is 24.2 Å². The third-order valence-electron chi connectivity index (χ3n) is 1.34. The summed E-state index contributed by atoms with van der Waals surface area (Å²) < 4.78 is 0. The van der Waals surface area contributed by atoms with Gasteiger partial charge in [-0.1, -0.05) is 0 Å². The quantitative estimate of drug-likeness (QED) is 0.482. The number of nitrogens with zero attached hydrogens (tertiary/aromatic N) is 1. The fourth-order valence-corrected chi connectivity index (χ4v) is 0.807. The molecule has 6 nitrogen and oxygen atoms in total. The Morgan fingerprint density at radius 1 is 1.33 bits per heavy atom. The molecular weight excluding hydrogens is 200 g/mol. The van der Waals surface area contributed by atoms with Gasteiger partial charge in [0.05, 0.1) is 0 Å². The lowest BCUT2D eigenvalue weighted by Crippen LogP contribution is -2.38. The van der Waals surface area contributed by atoms with Crippen LogP contribution in [-0.2, 0) is 14.4 Å². The zero-order valence-electron chi connectivity index (χ0n) is 8.90. The van der Waals surface area contributed by atoms with Gasteiger partial charge in [0.15, 0.2) is 11.5 Å². The normalized spacial score (nSPS) is 11.3. The molecule has 0 aliphatic carbocycles. The highest BCUT2D eigenvalue weighted by Gasteiger charge is 2.17. The first-order valence-corrected chi connectivity index (χ1v) is 4.43. The van der Waals surface area contributed by atoms with Crippen LogP contribution in [0.3, 0.4) is 0 Å². The molecule has 0 aliphatic heterocycles. The summed E-state index contributed by atoms with van der Waals surface area (Å²) in [5, 5.41) is 10.4. The van der Waals surface area contributed by atoms with Gasteiger partial charge in [-0.2, -0.15) is 0 Å². The molecule has 0 aliphatic rings. The highest BCUT2D eigenvalue weighted by molar-refractivity contribution is 6.65. The first-order chi connectivity index (χ1) is 6.84. The molecule has 84 valence electrons. The van der Waals surface area contributed by atoms with Crippen LogP contribution in [-0.4, -0.2) is 41.1 Å². The minimum atomic E-state index is -1.17. The largest absolute Gasteiger partial charge is 0.480 e. The van der Waals surface area contributed by atoms with Crippen molar-refractivity contribution in [1.29, 1.82) is 0 Å². The van der Waals surface area contributed by atoms with Crippen molar-refractivity contribution >= 4 is 23.4 Å². The van der Waals surface area contributed by atoms with Crippen molar-refractivity contribution in [3.63, 3.8) is 0 Å². The maximum absolute atomic E-state index is 11.3. The first-order valence-electron chi connectivity index (χ1n) is 4.43. The molecule has 0 aromatic heterocycles. The molecule has 0 radical (unpaired) electrons. The number of ketones is 1. The molecule has 6 heteroatoms. The lowest BCUT2D eigenvalue weighted by atomic mass is 10.2. The molecule has 0 atom stereocenters. The monoisotopic (exact) mass is 214 g/mol. The van der Waals surface area contributed by atoms with Crippen LogP contribution in [0.2, 0.25) is 0 Å². The predicted octanol–water partition coefficient (Wildman–Crippen LogP) is -0.374. The van der Waals surface area contributed by atoms with E-state index in [1.165, 1.54) is 6.92 Å². The van der Waals surface area contributed by atoms with E-state index in [1.54, 1.807) is 13.8 Å². The molecule has 0 fully saturated rings. The summed E-state index contributed by atoms with van der Waals surface area (Å²) in [5.74, 6) is -2.40. The lowest BCUT2D eigenvalue weighted by molar-refractivity contribution is -0.137. The molecule has 0 heterocycles. The molecule has 0 aromatic rings. The van der Waals surface area contributed by atoms with E-state index in [1.807, 2.05) is 0 Å². The number of carbonyl (C=O) groups excluding carboxylic acids is 2. The van der Waals surface area contributed by atoms with Crippen LogP contribution < -0.4 is 5.32 Å². The second kappa shape index (κ2) is 5.90. The van der Waals surface area contributed by atoms with E-state index in [9.17, 15) is 14.4 Å². The number of carbonyl (C=O) groups is 3. The Kier molecular flexibility index (Phi) is 5.22. The fourth-order valence-electron chi connectivity index (χ4n) is 0.807. The van der Waals surface area contributed by atoms with Crippen LogP contribution in [0.15, 0.2) is 4.99 Å². The van der Waals surface area contributed by atoms with Crippen molar-refractivity contribution in [2.45, 2.75) is 26.8 Å². The van der Waals surface area contributed by atoms with Gasteiger partial charge in [0.1, 0.15) is 6.54 Å². The van der Waals surface area contributed by atoms with E-state index in [-0.39, 0.29) is 11.8 Å². The summed E-state index contributed by atoms with van der Waals surface area (Å²) in [4.78, 5) is 36.3. The lowest BCUT2D eigenvalue weighted by Gasteiger charge is -2.04. The number of hydrogen-bond acceptors (Lipinski definition) is 4. The third kappa shape index (κ3) is 5.56. The SMILES string of the molecule is CC(=O)C(=NC(C)C)C(=O)NCC(=O)O. The number of Topliss-reactive ketones (excluding diaryl/α,β-unsaturated/α-hetero) is 1. The number of aliphatic imine (C=N–C) groups is 1. The Morgan fingerprint density at radius 2 is 1.87 bits per heavy atom. The van der Waals surface area contributed by atoms with Gasteiger partial charge in [0, 0.05) is 13.0 Å². The Morgan fingerprint density at radius 3 is 2.20 bits per heavy atom. The Balaban J connectivity index is 4.58. The first kappa shape index (κ1) is 13.3. The van der Waals surface area contributed by atoms with Crippen LogP contribution >= 0.6 is 0 Å². The van der Waals surface area contributed by atoms with Crippen LogP contribution in [0, 0.1) is 0 Å². The molecule has 0 rings (SSSR count). The van der Waals surface area contributed by atoms with Crippen molar-refractivity contribution < 1.29 is 19.5 Å². The third-order valence-corrected chi connectivity index (χ3v) is 1.34. The van der Waals surface area contributed by atoms with Gasteiger partial charge < -0.3 is 10.4 Å². The molecule has 0 unspecified atom stereocenters. The van der Waals surface area contributed by atoms with E-state index in [0.717, 1.165) is 0 Å². The Bertz CT molecular complexity index is 307. The Hall–Kier alpha value is -1.72. The zero-order valence-corrected chi connectivity index (χ0v) is 8.90. The van der Waals surface area contributed by atoms with Crippen LogP contribution in [0.1, 0.15) is 20.8 Å². The van der Waals surface area contributed by atoms with Gasteiger partial charge in [0.25, 0.3) is 5.91 Å². The number of rotatable bonds is 5. The summed E-state index contributed by atoms with van der Waals surface area (Å²) in [6, 6.07) is -0.195.